The van der Waals surface area contributed by atoms with Crippen molar-refractivity contribution in [2.24, 2.45) is 17.6 Å². The number of aliphatic hydroxyl groups is 3. The molecule has 35 heavy (non-hydrogen) atoms. The van der Waals surface area contributed by atoms with Gasteiger partial charge in [-0.2, -0.15) is 0 Å². The van der Waals surface area contributed by atoms with E-state index in [1.54, 1.807) is 0 Å². The number of hydrogen-bond donors (Lipinski definition) is 6. The van der Waals surface area contributed by atoms with Crippen molar-refractivity contribution < 1.29 is 43.2 Å². The van der Waals surface area contributed by atoms with Gasteiger partial charge >= 0.3 is 0 Å². The van der Waals surface area contributed by atoms with Crippen molar-refractivity contribution in [2.75, 3.05) is 12.8 Å². The minimum absolute atomic E-state index is 0.00107. The summed E-state index contributed by atoms with van der Waals surface area (Å²) in [4.78, 5) is 37.5. The third-order valence-corrected chi connectivity index (χ3v) is 7.26. The molecule has 0 unspecified atom stereocenters. The van der Waals surface area contributed by atoms with Crippen molar-refractivity contribution in [3.63, 3.8) is 0 Å². The van der Waals surface area contributed by atoms with Gasteiger partial charge in [-0.1, -0.05) is 11.8 Å². The molecule has 0 aromatic heterocycles. The molecular weight excluding hydrogens is 480 g/mol. The number of phenols is 1. The second kappa shape index (κ2) is 8.23. The van der Waals surface area contributed by atoms with E-state index >= 15 is 0 Å². The van der Waals surface area contributed by atoms with E-state index in [2.05, 4.69) is 16.6 Å². The smallest absolute Gasteiger partial charge is 0.255 e. The Balaban J connectivity index is 1.82. The maximum Gasteiger partial charge on any atom is 0.255 e. The van der Waals surface area contributed by atoms with Crippen LogP contribution in [0.4, 0.5) is 0 Å². The molecule has 0 saturated heterocycles. The SMILES string of the molecule is CS(=O)(=O)NCC#Cc1ccc(O)c2c1C[C@H]1C[C@H]3CC(=O)C(C(N)=O)=C(O)[C@@]3(O)C(=O)C1=C2O. The Bertz CT molecular complexity index is 1430. The van der Waals surface area contributed by atoms with Gasteiger partial charge in [0.1, 0.15) is 22.8 Å². The van der Waals surface area contributed by atoms with Crippen LogP contribution in [0.1, 0.15) is 29.5 Å². The van der Waals surface area contributed by atoms with Gasteiger partial charge in [-0.15, -0.1) is 0 Å². The van der Waals surface area contributed by atoms with Gasteiger partial charge in [0.05, 0.1) is 18.4 Å². The zero-order valence-corrected chi connectivity index (χ0v) is 19.3. The van der Waals surface area contributed by atoms with Crippen molar-refractivity contribution in [3.05, 3.63) is 45.7 Å². The fourth-order valence-electron chi connectivity index (χ4n) is 5.05. The molecule has 1 amide bonds. The Kier molecular flexibility index (Phi) is 5.75. The number of carbonyl (C=O) groups is 3. The highest BCUT2D eigenvalue weighted by Gasteiger charge is 2.60. The largest absolute Gasteiger partial charge is 0.508 e. The monoisotopic (exact) mass is 502 g/mol. The summed E-state index contributed by atoms with van der Waals surface area (Å²) in [5.74, 6) is -1.60. The van der Waals surface area contributed by atoms with Crippen LogP contribution in [-0.4, -0.2) is 64.7 Å². The van der Waals surface area contributed by atoms with Gasteiger partial charge < -0.3 is 26.2 Å². The highest BCUT2D eigenvalue weighted by atomic mass is 32.2. The van der Waals surface area contributed by atoms with Crippen LogP contribution in [0.15, 0.2) is 29.0 Å². The van der Waals surface area contributed by atoms with E-state index in [-0.39, 0.29) is 36.3 Å². The number of hydrogen-bond acceptors (Lipinski definition) is 9. The lowest BCUT2D eigenvalue weighted by molar-refractivity contribution is -0.147. The summed E-state index contributed by atoms with van der Waals surface area (Å²) in [5, 5.41) is 43.2. The number of rotatable bonds is 3. The molecule has 1 aromatic rings. The van der Waals surface area contributed by atoms with Gasteiger partial charge in [0.2, 0.25) is 15.8 Å². The number of benzene rings is 1. The standard InChI is InChI=1S/C23H22N2O9S/c1-35(33,34)25-6-2-3-10-4-5-14(26)17-13(10)8-11-7-12-9-15(27)18(22(24)31)21(30)23(12,32)20(29)16(11)19(17)28/h4-5,11-12,25-26,28,30,32H,6-9H2,1H3,(H2,24,31)/t11-,12+,23+/m1/s1. The van der Waals surface area contributed by atoms with Crippen molar-refractivity contribution in [2.45, 2.75) is 24.9 Å². The van der Waals surface area contributed by atoms with Crippen molar-refractivity contribution >= 4 is 33.3 Å². The number of nitrogens with two attached hydrogens (primary N) is 1. The van der Waals surface area contributed by atoms with Crippen LogP contribution in [0.2, 0.25) is 0 Å². The third kappa shape index (κ3) is 3.87. The topological polar surface area (TPSA) is 204 Å². The molecule has 184 valence electrons. The Morgan fingerprint density at radius 2 is 1.91 bits per heavy atom. The molecule has 1 aromatic carbocycles. The first-order valence-corrected chi connectivity index (χ1v) is 12.4. The third-order valence-electron chi connectivity index (χ3n) is 6.59. The Hall–Kier alpha value is -3.66. The summed E-state index contributed by atoms with van der Waals surface area (Å²) >= 11 is 0. The van der Waals surface area contributed by atoms with Crippen molar-refractivity contribution in [1.82, 2.24) is 4.72 Å². The number of carbonyl (C=O) groups excluding carboxylic acids is 3. The number of amides is 1. The van der Waals surface area contributed by atoms with Crippen LogP contribution < -0.4 is 10.5 Å². The molecule has 0 aliphatic heterocycles. The summed E-state index contributed by atoms with van der Waals surface area (Å²) in [6, 6.07) is 2.73. The molecule has 3 atom stereocenters. The second-order valence-corrected chi connectivity index (χ2v) is 10.6. The van der Waals surface area contributed by atoms with E-state index in [0.29, 0.717) is 11.1 Å². The van der Waals surface area contributed by atoms with Crippen molar-refractivity contribution in [1.29, 1.82) is 0 Å². The summed E-state index contributed by atoms with van der Waals surface area (Å²) in [5.41, 5.74) is 2.14. The highest BCUT2D eigenvalue weighted by Crippen LogP contribution is 2.52. The van der Waals surface area contributed by atoms with Crippen LogP contribution in [-0.2, 0) is 30.8 Å². The minimum Gasteiger partial charge on any atom is -0.508 e. The van der Waals surface area contributed by atoms with Gasteiger partial charge in [-0.25, -0.2) is 13.1 Å². The number of ketones is 2. The van der Waals surface area contributed by atoms with Crippen molar-refractivity contribution in [3.8, 4) is 17.6 Å². The minimum atomic E-state index is -3.45. The number of aromatic hydroxyl groups is 1. The maximum atomic E-state index is 13.4. The molecule has 1 fully saturated rings. The molecule has 1 saturated carbocycles. The Morgan fingerprint density at radius 3 is 2.54 bits per heavy atom. The molecule has 4 rings (SSSR count). The lowest BCUT2D eigenvalue weighted by Crippen LogP contribution is -2.58. The molecule has 0 spiro atoms. The summed E-state index contributed by atoms with van der Waals surface area (Å²) in [6.07, 6.45) is 0.678. The average Bonchev–Trinajstić information content (AvgIpc) is 2.74. The lowest BCUT2D eigenvalue weighted by Gasteiger charge is -2.46. The molecule has 11 nitrogen and oxygen atoms in total. The number of Topliss-reactive ketones (excluding diaryl/α,β-unsaturated/α-hetero) is 2. The Morgan fingerprint density at radius 1 is 1.23 bits per heavy atom. The van der Waals surface area contributed by atoms with E-state index in [0.717, 1.165) is 6.26 Å². The van der Waals surface area contributed by atoms with Crippen LogP contribution >= 0.6 is 0 Å². The number of phenolic OH excluding ortho intramolecular Hbond substituents is 1. The summed E-state index contributed by atoms with van der Waals surface area (Å²) < 4.78 is 24.7. The van der Waals surface area contributed by atoms with Crippen LogP contribution in [0.3, 0.4) is 0 Å². The number of aliphatic hydroxyl groups excluding tert-OH is 2. The molecular formula is C23H22N2O9S. The molecule has 7 N–H and O–H groups in total. The molecule has 0 heterocycles. The quantitative estimate of drug-likeness (QED) is 0.229. The predicted molar refractivity (Wildman–Crippen MR) is 121 cm³/mol. The number of primary amides is 1. The number of fused-ring (bicyclic) bond motifs is 3. The van der Waals surface area contributed by atoms with Crippen LogP contribution in [0.25, 0.3) is 5.76 Å². The van der Waals surface area contributed by atoms with Gasteiger partial charge in [-0.05, 0) is 36.5 Å². The molecule has 0 bridgehead atoms. The van der Waals surface area contributed by atoms with Crippen LogP contribution in [0, 0.1) is 23.7 Å². The number of sulfonamides is 1. The Labute approximate surface area is 200 Å². The summed E-state index contributed by atoms with van der Waals surface area (Å²) in [6.45, 7) is -0.172. The van der Waals surface area contributed by atoms with Gasteiger partial charge in [0, 0.05) is 23.5 Å². The maximum absolute atomic E-state index is 13.4. The first kappa shape index (κ1) is 24.5. The fourth-order valence-corrected chi connectivity index (χ4v) is 5.38. The first-order valence-electron chi connectivity index (χ1n) is 10.5. The van der Waals surface area contributed by atoms with Gasteiger partial charge in [-0.3, -0.25) is 14.4 Å². The van der Waals surface area contributed by atoms with E-state index < -0.39 is 68.4 Å². The summed E-state index contributed by atoms with van der Waals surface area (Å²) in [7, 11) is -3.45. The van der Waals surface area contributed by atoms with Gasteiger partial charge in [0.25, 0.3) is 5.91 Å². The number of nitrogens with one attached hydrogen (secondary N) is 1. The fraction of sp³-hybridized carbons (Fsp3) is 0.348. The van der Waals surface area contributed by atoms with E-state index in [1.165, 1.54) is 12.1 Å². The van der Waals surface area contributed by atoms with E-state index in [9.17, 15) is 43.2 Å². The molecule has 0 radical (unpaired) electrons. The van der Waals surface area contributed by atoms with E-state index in [1.807, 2.05) is 0 Å². The van der Waals surface area contributed by atoms with Gasteiger partial charge in [0.15, 0.2) is 11.4 Å². The lowest BCUT2D eigenvalue weighted by atomic mass is 9.59. The zero-order valence-electron chi connectivity index (χ0n) is 18.5. The zero-order chi connectivity index (χ0) is 25.9. The normalized spacial score (nSPS) is 25.9. The van der Waals surface area contributed by atoms with Crippen LogP contribution in [0.5, 0.6) is 5.75 Å². The second-order valence-electron chi connectivity index (χ2n) is 8.79. The molecule has 3 aliphatic rings. The highest BCUT2D eigenvalue weighted by molar-refractivity contribution is 7.88. The first-order chi connectivity index (χ1) is 16.3. The molecule has 3 aliphatic carbocycles. The molecule has 12 heteroatoms. The van der Waals surface area contributed by atoms with E-state index in [4.69, 9.17) is 5.73 Å². The average molecular weight is 503 g/mol. The predicted octanol–water partition coefficient (Wildman–Crippen LogP) is -0.675.